The van der Waals surface area contributed by atoms with Gasteiger partial charge in [-0.05, 0) is 54.0 Å². The van der Waals surface area contributed by atoms with E-state index in [9.17, 15) is 4.79 Å². The minimum absolute atomic E-state index is 0.185. The Morgan fingerprint density at radius 1 is 1.00 bits per heavy atom. The number of aromatic amines is 2. The summed E-state index contributed by atoms with van der Waals surface area (Å²) in [5.74, 6) is 0.961. The Hall–Kier alpha value is -3.45. The van der Waals surface area contributed by atoms with Crippen LogP contribution in [0.3, 0.4) is 0 Å². The number of hydrogen-bond donors (Lipinski definition) is 2. The highest BCUT2D eigenvalue weighted by Crippen LogP contribution is 2.39. The predicted octanol–water partition coefficient (Wildman–Crippen LogP) is 5.03. The van der Waals surface area contributed by atoms with Gasteiger partial charge in [-0.15, -0.1) is 10.2 Å². The summed E-state index contributed by atoms with van der Waals surface area (Å²) in [5.41, 5.74) is 3.68. The topological polar surface area (TPSA) is 96.5 Å². The number of tetrazole rings is 1. The quantitative estimate of drug-likeness (QED) is 0.397. The van der Waals surface area contributed by atoms with Crippen LogP contribution in [0.5, 0.6) is 5.75 Å². The van der Waals surface area contributed by atoms with E-state index in [0.717, 1.165) is 35.3 Å². The van der Waals surface area contributed by atoms with E-state index in [1.165, 1.54) is 0 Å². The largest absolute Gasteiger partial charge is 0.494 e. The first-order valence-corrected chi connectivity index (χ1v) is 10.5. The van der Waals surface area contributed by atoms with Crippen LogP contribution in [0.2, 0.25) is 5.02 Å². The molecule has 0 atom stereocenters. The number of rotatable bonds is 7. The normalized spacial score (nSPS) is 10.9. The average Bonchev–Trinajstić information content (AvgIpc) is 3.31. The van der Waals surface area contributed by atoms with Gasteiger partial charge in [-0.2, -0.15) is 5.21 Å². The lowest BCUT2D eigenvalue weighted by Gasteiger charge is -2.14. The zero-order valence-corrected chi connectivity index (χ0v) is 18.0. The third kappa shape index (κ3) is 4.36. The number of ether oxygens (including phenoxy) is 1. The second-order valence-corrected chi connectivity index (χ2v) is 7.60. The molecule has 0 fully saturated rings. The third-order valence-electron chi connectivity index (χ3n) is 4.97. The van der Waals surface area contributed by atoms with Crippen molar-refractivity contribution in [3.05, 3.63) is 69.5 Å². The van der Waals surface area contributed by atoms with E-state index in [1.54, 1.807) is 0 Å². The molecule has 2 aromatic heterocycles. The molecule has 0 aliphatic carbocycles. The Balaban J connectivity index is 1.84. The minimum atomic E-state index is -0.348. The summed E-state index contributed by atoms with van der Waals surface area (Å²) in [4.78, 5) is 16.0. The number of halogens is 1. The van der Waals surface area contributed by atoms with E-state index in [4.69, 9.17) is 16.3 Å². The van der Waals surface area contributed by atoms with E-state index in [1.807, 2.05) is 55.5 Å². The van der Waals surface area contributed by atoms with Crippen LogP contribution in [0, 0.1) is 6.92 Å². The molecule has 0 spiro atoms. The SMILES string of the molecule is CCCCOc1ccc(-c2[nH]c(=O)c(-c3nn[nH]n3)c(-c3ccc(C)cc3)c2Cl)cc1. The van der Waals surface area contributed by atoms with Crippen molar-refractivity contribution >= 4 is 11.6 Å². The number of nitrogens with one attached hydrogen (secondary N) is 2. The van der Waals surface area contributed by atoms with Gasteiger partial charge in [0.05, 0.1) is 22.9 Å². The highest BCUT2D eigenvalue weighted by Gasteiger charge is 2.22. The zero-order valence-electron chi connectivity index (χ0n) is 17.3. The van der Waals surface area contributed by atoms with Crippen molar-refractivity contribution < 1.29 is 4.74 Å². The molecular weight excluding hydrogens is 414 g/mol. The number of pyridine rings is 1. The molecule has 7 nitrogen and oxygen atoms in total. The highest BCUT2D eigenvalue weighted by atomic mass is 35.5. The van der Waals surface area contributed by atoms with Crippen LogP contribution >= 0.6 is 11.6 Å². The van der Waals surface area contributed by atoms with Crippen LogP contribution in [-0.2, 0) is 0 Å². The molecule has 158 valence electrons. The molecule has 0 aliphatic heterocycles. The van der Waals surface area contributed by atoms with Gasteiger partial charge >= 0.3 is 0 Å². The first-order chi connectivity index (χ1) is 15.1. The lowest BCUT2D eigenvalue weighted by molar-refractivity contribution is 0.309. The molecule has 0 saturated carbocycles. The summed E-state index contributed by atoms with van der Waals surface area (Å²) >= 11 is 6.87. The standard InChI is InChI=1S/C23H22ClN5O2/c1-3-4-13-31-17-11-9-16(10-12-17)21-20(24)18(15-7-5-14(2)6-8-15)19(23(30)25-21)22-26-28-29-27-22/h5-12H,3-4,13H2,1-2H3,(H,25,30)(H,26,27,28,29). The Morgan fingerprint density at radius 3 is 2.35 bits per heavy atom. The maximum atomic E-state index is 13.1. The maximum Gasteiger partial charge on any atom is 0.260 e. The van der Waals surface area contributed by atoms with E-state index in [0.29, 0.717) is 22.9 Å². The van der Waals surface area contributed by atoms with Crippen molar-refractivity contribution in [3.63, 3.8) is 0 Å². The molecule has 31 heavy (non-hydrogen) atoms. The summed E-state index contributed by atoms with van der Waals surface area (Å²) in [6.07, 6.45) is 2.07. The van der Waals surface area contributed by atoms with Crippen LogP contribution in [0.25, 0.3) is 33.8 Å². The van der Waals surface area contributed by atoms with E-state index in [2.05, 4.69) is 32.5 Å². The first kappa shape index (κ1) is 20.8. The predicted molar refractivity (Wildman–Crippen MR) is 121 cm³/mol. The van der Waals surface area contributed by atoms with Crippen molar-refractivity contribution in [1.82, 2.24) is 25.6 Å². The number of benzene rings is 2. The third-order valence-corrected chi connectivity index (χ3v) is 5.35. The second kappa shape index (κ2) is 9.14. The molecule has 2 aromatic carbocycles. The van der Waals surface area contributed by atoms with Crippen molar-refractivity contribution in [3.8, 4) is 39.5 Å². The van der Waals surface area contributed by atoms with Gasteiger partial charge in [-0.1, -0.05) is 54.8 Å². The monoisotopic (exact) mass is 435 g/mol. The van der Waals surface area contributed by atoms with E-state index in [-0.39, 0.29) is 16.9 Å². The minimum Gasteiger partial charge on any atom is -0.494 e. The molecule has 0 aliphatic rings. The Bertz CT molecular complexity index is 1220. The Kier molecular flexibility index (Phi) is 6.13. The number of hydrogen-bond acceptors (Lipinski definition) is 5. The van der Waals surface area contributed by atoms with Crippen molar-refractivity contribution in [1.29, 1.82) is 0 Å². The molecule has 0 unspecified atom stereocenters. The van der Waals surface area contributed by atoms with Gasteiger partial charge in [0, 0.05) is 5.56 Å². The fourth-order valence-electron chi connectivity index (χ4n) is 3.30. The Labute approximate surface area is 184 Å². The smallest absolute Gasteiger partial charge is 0.260 e. The van der Waals surface area contributed by atoms with Gasteiger partial charge in [0.25, 0.3) is 5.56 Å². The van der Waals surface area contributed by atoms with Crippen LogP contribution in [0.1, 0.15) is 25.3 Å². The highest BCUT2D eigenvalue weighted by molar-refractivity contribution is 6.36. The maximum absolute atomic E-state index is 13.1. The number of nitrogens with zero attached hydrogens (tertiary/aromatic N) is 3. The van der Waals surface area contributed by atoms with E-state index < -0.39 is 0 Å². The number of H-pyrrole nitrogens is 2. The lowest BCUT2D eigenvalue weighted by atomic mass is 9.97. The van der Waals surface area contributed by atoms with Crippen LogP contribution in [0.15, 0.2) is 53.3 Å². The van der Waals surface area contributed by atoms with Gasteiger partial charge in [0.2, 0.25) is 5.82 Å². The van der Waals surface area contributed by atoms with Gasteiger partial charge in [-0.3, -0.25) is 4.79 Å². The molecular formula is C23H22ClN5O2. The van der Waals surface area contributed by atoms with Crippen molar-refractivity contribution in [2.75, 3.05) is 6.61 Å². The molecule has 0 amide bonds. The van der Waals surface area contributed by atoms with Gasteiger partial charge in [0.1, 0.15) is 5.75 Å². The molecule has 4 rings (SSSR count). The average molecular weight is 436 g/mol. The molecule has 2 N–H and O–H groups in total. The summed E-state index contributed by atoms with van der Waals surface area (Å²) in [5, 5.41) is 14.4. The van der Waals surface area contributed by atoms with Crippen LogP contribution in [0.4, 0.5) is 0 Å². The molecule has 0 saturated heterocycles. The van der Waals surface area contributed by atoms with Crippen molar-refractivity contribution in [2.45, 2.75) is 26.7 Å². The Morgan fingerprint density at radius 2 is 1.71 bits per heavy atom. The summed E-state index contributed by atoms with van der Waals surface area (Å²) in [6.45, 7) is 4.79. The summed E-state index contributed by atoms with van der Waals surface area (Å²) < 4.78 is 5.73. The molecule has 0 radical (unpaired) electrons. The van der Waals surface area contributed by atoms with Crippen molar-refractivity contribution in [2.24, 2.45) is 0 Å². The first-order valence-electron chi connectivity index (χ1n) is 10.1. The van der Waals surface area contributed by atoms with Crippen LogP contribution < -0.4 is 10.3 Å². The molecule has 8 heteroatoms. The van der Waals surface area contributed by atoms with Gasteiger partial charge in [-0.25, -0.2) is 0 Å². The molecule has 0 bridgehead atoms. The van der Waals surface area contributed by atoms with Crippen LogP contribution in [-0.4, -0.2) is 32.2 Å². The fourth-order valence-corrected chi connectivity index (χ4v) is 3.66. The summed E-state index contributed by atoms with van der Waals surface area (Å²) in [6, 6.07) is 15.3. The number of aromatic nitrogens is 5. The van der Waals surface area contributed by atoms with Gasteiger partial charge < -0.3 is 9.72 Å². The summed E-state index contributed by atoms with van der Waals surface area (Å²) in [7, 11) is 0. The second-order valence-electron chi connectivity index (χ2n) is 7.22. The fraction of sp³-hybridized carbons (Fsp3) is 0.217. The number of aryl methyl sites for hydroxylation is 1. The van der Waals surface area contributed by atoms with Gasteiger partial charge in [0.15, 0.2) is 0 Å². The molecule has 4 aromatic rings. The van der Waals surface area contributed by atoms with E-state index >= 15 is 0 Å². The number of unbranched alkanes of at least 4 members (excludes halogenated alkanes) is 1. The molecule has 2 heterocycles. The zero-order chi connectivity index (χ0) is 21.8. The lowest BCUT2D eigenvalue weighted by Crippen LogP contribution is -2.13.